The number of H-pyrrole nitrogens is 1. The highest BCUT2D eigenvalue weighted by Gasteiger charge is 2.43. The van der Waals surface area contributed by atoms with Crippen LogP contribution in [-0.2, 0) is 27.2 Å². The number of nitrogens with two attached hydrogens (primary N) is 1. The molecule has 0 bridgehead atoms. The first-order valence-corrected chi connectivity index (χ1v) is 9.82. The Morgan fingerprint density at radius 1 is 1.12 bits per heavy atom. The highest BCUT2D eigenvalue weighted by Crippen LogP contribution is 2.28. The number of nitrogen functional groups attached to an aromatic ring is 1. The molecule has 1 aromatic heterocycles. The van der Waals surface area contributed by atoms with Crippen molar-refractivity contribution in [2.45, 2.75) is 26.7 Å². The topological polar surface area (TPSA) is 188 Å². The van der Waals surface area contributed by atoms with Crippen molar-refractivity contribution in [3.63, 3.8) is 0 Å². The third kappa shape index (κ3) is 9.85. The molecule has 1 fully saturated rings. The second-order valence-electron chi connectivity index (χ2n) is 7.21. The van der Waals surface area contributed by atoms with E-state index in [1.165, 1.54) is 6.07 Å². The Labute approximate surface area is 185 Å². The van der Waals surface area contributed by atoms with Crippen molar-refractivity contribution in [1.82, 2.24) is 20.6 Å². The number of nitrogens with zero attached hydrogens (tertiary/aromatic N) is 1. The summed E-state index contributed by atoms with van der Waals surface area (Å²) >= 11 is 0. The molecule has 7 N–H and O–H groups in total. The molecule has 174 valence electrons. The van der Waals surface area contributed by atoms with E-state index in [1.54, 1.807) is 0 Å². The first-order chi connectivity index (χ1) is 15.0. The lowest BCUT2D eigenvalue weighted by molar-refractivity contribution is -0.135. The van der Waals surface area contributed by atoms with Gasteiger partial charge in [-0.25, -0.2) is 4.98 Å². The van der Waals surface area contributed by atoms with E-state index in [-0.39, 0.29) is 17.3 Å². The van der Waals surface area contributed by atoms with Crippen LogP contribution >= 0.6 is 0 Å². The normalized spacial score (nSPS) is 13.2. The molecule has 0 unspecified atom stereocenters. The Kier molecular flexibility index (Phi) is 10.6. The molecular formula is C21H29N5O6. The van der Waals surface area contributed by atoms with Crippen LogP contribution in [0.2, 0.25) is 0 Å². The molecule has 3 rings (SSSR count). The summed E-state index contributed by atoms with van der Waals surface area (Å²) in [6.45, 7) is 3.91. The minimum atomic E-state index is -0.833. The molecule has 0 radical (unpaired) electrons. The van der Waals surface area contributed by atoms with Gasteiger partial charge in [-0.05, 0) is 12.0 Å². The van der Waals surface area contributed by atoms with Gasteiger partial charge >= 0.3 is 0 Å². The summed E-state index contributed by atoms with van der Waals surface area (Å²) in [5.41, 5.74) is 6.01. The van der Waals surface area contributed by atoms with Gasteiger partial charge in [-0.1, -0.05) is 30.3 Å². The first kappa shape index (κ1) is 26.3. The lowest BCUT2D eigenvalue weighted by Crippen LogP contribution is -2.62. The number of benzene rings is 1. The van der Waals surface area contributed by atoms with Crippen LogP contribution in [0, 0.1) is 5.41 Å². The summed E-state index contributed by atoms with van der Waals surface area (Å²) in [5.74, 6) is -0.982. The predicted molar refractivity (Wildman–Crippen MR) is 118 cm³/mol. The molecular weight excluding hydrogens is 418 g/mol. The van der Waals surface area contributed by atoms with Crippen LogP contribution < -0.4 is 21.9 Å². The second kappa shape index (κ2) is 12.8. The number of nitrogens with one attached hydrogen (secondary N) is 3. The largest absolute Gasteiger partial charge is 0.481 e. The number of carboxylic acids is 2. The van der Waals surface area contributed by atoms with E-state index in [0.29, 0.717) is 38.3 Å². The number of hydrogen-bond donors (Lipinski definition) is 6. The van der Waals surface area contributed by atoms with Gasteiger partial charge in [-0.2, -0.15) is 0 Å². The van der Waals surface area contributed by atoms with Crippen LogP contribution in [0.3, 0.4) is 0 Å². The third-order valence-corrected chi connectivity index (χ3v) is 4.25. The van der Waals surface area contributed by atoms with Crippen molar-refractivity contribution in [3.05, 3.63) is 58.1 Å². The van der Waals surface area contributed by atoms with Crippen LogP contribution in [0.5, 0.6) is 0 Å². The van der Waals surface area contributed by atoms with Gasteiger partial charge in [-0.3, -0.25) is 19.2 Å². The van der Waals surface area contributed by atoms with Crippen molar-refractivity contribution in [2.75, 3.05) is 25.4 Å². The molecule has 2 aromatic rings. The number of anilines is 1. The summed E-state index contributed by atoms with van der Waals surface area (Å²) < 4.78 is 0. The lowest BCUT2D eigenvalue weighted by Gasteiger charge is -2.41. The van der Waals surface area contributed by atoms with E-state index in [4.69, 9.17) is 25.5 Å². The van der Waals surface area contributed by atoms with Gasteiger partial charge < -0.3 is 31.6 Å². The highest BCUT2D eigenvalue weighted by atomic mass is 16.4. The average Bonchev–Trinajstić information content (AvgIpc) is 2.64. The minimum Gasteiger partial charge on any atom is -0.481 e. The van der Waals surface area contributed by atoms with Crippen molar-refractivity contribution < 1.29 is 24.6 Å². The molecule has 1 aliphatic rings. The summed E-state index contributed by atoms with van der Waals surface area (Å²) in [5, 5.41) is 21.0. The van der Waals surface area contributed by atoms with Crippen LogP contribution in [0.15, 0.2) is 41.2 Å². The van der Waals surface area contributed by atoms with Gasteiger partial charge in [0.05, 0.1) is 5.41 Å². The number of aliphatic carboxylic acids is 2. The lowest BCUT2D eigenvalue weighted by atomic mass is 9.75. The Morgan fingerprint density at radius 2 is 1.69 bits per heavy atom. The van der Waals surface area contributed by atoms with E-state index >= 15 is 0 Å². The maximum absolute atomic E-state index is 12.6. The molecule has 1 saturated heterocycles. The number of amides is 1. The molecule has 1 aromatic carbocycles. The molecule has 0 spiro atoms. The van der Waals surface area contributed by atoms with Gasteiger partial charge in [0, 0.05) is 46.0 Å². The standard InChI is InChI=1S/C17H21N5O2.2C2H4O2/c18-13-8-15(23)22-14(21-13)6-7-20-16(24)17(10-19-11-17)9-12-4-2-1-3-5-12;2*1-2(3)4/h1-5,8,19H,6-7,9-11H2,(H,20,24)(H3,18,21,22,23);2*1H3,(H,3,4). The fraction of sp³-hybridized carbons (Fsp3) is 0.381. The van der Waals surface area contributed by atoms with Gasteiger partial charge in [0.2, 0.25) is 5.91 Å². The van der Waals surface area contributed by atoms with E-state index in [9.17, 15) is 9.59 Å². The van der Waals surface area contributed by atoms with Crippen molar-refractivity contribution in [2.24, 2.45) is 5.41 Å². The summed E-state index contributed by atoms with van der Waals surface area (Å²) in [6.07, 6.45) is 1.14. The molecule has 11 nitrogen and oxygen atoms in total. The number of rotatable bonds is 6. The molecule has 1 aliphatic heterocycles. The van der Waals surface area contributed by atoms with Crippen LogP contribution in [0.1, 0.15) is 25.2 Å². The fourth-order valence-corrected chi connectivity index (χ4v) is 2.91. The van der Waals surface area contributed by atoms with Gasteiger partial charge in [-0.15, -0.1) is 0 Å². The molecule has 0 aliphatic carbocycles. The minimum absolute atomic E-state index is 0.0244. The number of hydrogen-bond acceptors (Lipinski definition) is 7. The first-order valence-electron chi connectivity index (χ1n) is 9.82. The average molecular weight is 447 g/mol. The van der Waals surface area contributed by atoms with E-state index in [0.717, 1.165) is 19.4 Å². The molecule has 0 atom stereocenters. The molecule has 1 amide bonds. The second-order valence-corrected chi connectivity index (χ2v) is 7.21. The number of carbonyl (C=O) groups excluding carboxylic acids is 1. The SMILES string of the molecule is CC(=O)O.CC(=O)O.Nc1cc(=O)[nH]c(CCNC(=O)C2(Cc3ccccc3)CNC2)n1. The molecule has 2 heterocycles. The number of carbonyl (C=O) groups is 3. The van der Waals surface area contributed by atoms with E-state index in [2.05, 4.69) is 20.6 Å². The maximum Gasteiger partial charge on any atom is 0.300 e. The van der Waals surface area contributed by atoms with Crippen LogP contribution in [0.4, 0.5) is 5.82 Å². The summed E-state index contributed by atoms with van der Waals surface area (Å²) in [7, 11) is 0. The van der Waals surface area contributed by atoms with E-state index in [1.807, 2.05) is 30.3 Å². The third-order valence-electron chi connectivity index (χ3n) is 4.25. The highest BCUT2D eigenvalue weighted by molar-refractivity contribution is 5.84. The number of aromatic amines is 1. The van der Waals surface area contributed by atoms with Gasteiger partial charge in [0.25, 0.3) is 17.5 Å². The quantitative estimate of drug-likeness (QED) is 0.355. The van der Waals surface area contributed by atoms with Crippen molar-refractivity contribution in [1.29, 1.82) is 0 Å². The smallest absolute Gasteiger partial charge is 0.300 e. The summed E-state index contributed by atoms with van der Waals surface area (Å²) in [6, 6.07) is 11.2. The zero-order valence-corrected chi connectivity index (χ0v) is 18.1. The van der Waals surface area contributed by atoms with Crippen molar-refractivity contribution in [3.8, 4) is 0 Å². The summed E-state index contributed by atoms with van der Waals surface area (Å²) in [4.78, 5) is 48.6. The fourth-order valence-electron chi connectivity index (χ4n) is 2.91. The zero-order valence-electron chi connectivity index (χ0n) is 18.1. The number of carboxylic acid groups (broad SMARTS) is 2. The number of aromatic nitrogens is 2. The van der Waals surface area contributed by atoms with Crippen molar-refractivity contribution >= 4 is 23.7 Å². The molecule has 11 heteroatoms. The Morgan fingerprint density at radius 3 is 2.16 bits per heavy atom. The monoisotopic (exact) mass is 447 g/mol. The van der Waals surface area contributed by atoms with E-state index < -0.39 is 17.4 Å². The van der Waals surface area contributed by atoms with Gasteiger partial charge in [0.15, 0.2) is 0 Å². The Balaban J connectivity index is 0.000000554. The maximum atomic E-state index is 12.6. The predicted octanol–water partition coefficient (Wildman–Crippen LogP) is 0.0249. The Bertz CT molecular complexity index is 937. The van der Waals surface area contributed by atoms with Crippen LogP contribution in [0.25, 0.3) is 0 Å². The Hall–Kier alpha value is -3.73. The van der Waals surface area contributed by atoms with Crippen LogP contribution in [-0.4, -0.2) is 57.7 Å². The zero-order chi connectivity index (χ0) is 24.1. The van der Waals surface area contributed by atoms with Gasteiger partial charge in [0.1, 0.15) is 11.6 Å². The molecule has 0 saturated carbocycles. The molecule has 32 heavy (non-hydrogen) atoms.